The molecule has 0 saturated heterocycles. The number of allylic oxidation sites excluding steroid dienone is 2. The number of carbonyl (C=O) groups is 3. The van der Waals surface area contributed by atoms with Crippen LogP contribution in [0.15, 0.2) is 48.2 Å². The summed E-state index contributed by atoms with van der Waals surface area (Å²) in [5, 5.41) is 6.00. The molecule has 2 aliphatic rings. The van der Waals surface area contributed by atoms with Gasteiger partial charge >= 0.3 is 5.97 Å². The van der Waals surface area contributed by atoms with Crippen LogP contribution >= 0.6 is 23.2 Å². The zero-order valence-corrected chi connectivity index (χ0v) is 21.2. The Balaban J connectivity index is 1.48. The molecule has 36 heavy (non-hydrogen) atoms. The Kier molecular flexibility index (Phi) is 7.95. The lowest BCUT2D eigenvalue weighted by atomic mass is 9.61. The second kappa shape index (κ2) is 11.0. The van der Waals surface area contributed by atoms with E-state index in [2.05, 4.69) is 15.6 Å². The first kappa shape index (κ1) is 26.1. The Bertz CT molecular complexity index is 1190. The fraction of sp³-hybridized carbons (Fsp3) is 0.385. The summed E-state index contributed by atoms with van der Waals surface area (Å²) in [5.41, 5.74) is 0.735. The number of benzene rings is 1. The first-order valence-electron chi connectivity index (χ1n) is 11.8. The lowest BCUT2D eigenvalue weighted by molar-refractivity contribution is -0.146. The monoisotopic (exact) mass is 533 g/mol. The van der Waals surface area contributed by atoms with E-state index in [-0.39, 0.29) is 34.3 Å². The first-order chi connectivity index (χ1) is 17.3. The highest BCUT2D eigenvalue weighted by Gasteiger charge is 2.55. The predicted molar refractivity (Wildman–Crippen MR) is 135 cm³/mol. The van der Waals surface area contributed by atoms with Crippen molar-refractivity contribution in [1.29, 1.82) is 0 Å². The van der Waals surface area contributed by atoms with E-state index in [4.69, 9.17) is 27.9 Å². The second-order valence-electron chi connectivity index (χ2n) is 8.94. The van der Waals surface area contributed by atoms with Gasteiger partial charge in [0.25, 0.3) is 5.91 Å². The van der Waals surface area contributed by atoms with E-state index >= 15 is 0 Å². The zero-order valence-electron chi connectivity index (χ0n) is 19.7. The van der Waals surface area contributed by atoms with E-state index in [9.17, 15) is 18.8 Å². The molecule has 0 aliphatic heterocycles. The first-order valence-corrected chi connectivity index (χ1v) is 12.6. The predicted octanol–water partition coefficient (Wildman–Crippen LogP) is 5.42. The number of anilines is 1. The number of ketones is 1. The molecule has 1 fully saturated rings. The number of halogens is 3. The van der Waals surface area contributed by atoms with Crippen molar-refractivity contribution in [2.75, 3.05) is 11.9 Å². The molecule has 2 aliphatic carbocycles. The van der Waals surface area contributed by atoms with Crippen LogP contribution < -0.4 is 10.6 Å². The van der Waals surface area contributed by atoms with Crippen molar-refractivity contribution in [1.82, 2.24) is 10.3 Å². The summed E-state index contributed by atoms with van der Waals surface area (Å²) >= 11 is 12.1. The van der Waals surface area contributed by atoms with Crippen LogP contribution in [-0.2, 0) is 20.7 Å². The van der Waals surface area contributed by atoms with E-state index in [1.807, 2.05) is 0 Å². The van der Waals surface area contributed by atoms with Crippen molar-refractivity contribution in [2.24, 2.45) is 5.41 Å². The lowest BCUT2D eigenvalue weighted by Gasteiger charge is -2.45. The summed E-state index contributed by atoms with van der Waals surface area (Å²) in [7, 11) is 0. The van der Waals surface area contributed by atoms with Gasteiger partial charge in [-0.1, -0.05) is 54.6 Å². The van der Waals surface area contributed by atoms with Gasteiger partial charge in [-0.2, -0.15) is 0 Å². The highest BCUT2D eigenvalue weighted by molar-refractivity contribution is 6.40. The standard InChI is InChI=1S/C26H26Cl2FN3O4/c1-2-36-25(35)19(32-22-21(29)23(33)26(22)10-4-3-5-11-26)12-15-6-8-16(9-7-15)31-24(34)20-17(27)13-30-14-18(20)28/h6-9,13-14,19,32H,2-5,10-12H2,1H3,(H,31,34). The van der Waals surface area contributed by atoms with Crippen LogP contribution in [0.2, 0.25) is 10.0 Å². The van der Waals surface area contributed by atoms with Crippen LogP contribution in [0.1, 0.15) is 54.9 Å². The smallest absolute Gasteiger partial charge is 0.328 e. The third kappa shape index (κ3) is 5.11. The summed E-state index contributed by atoms with van der Waals surface area (Å²) in [6.07, 6.45) is 6.73. The molecule has 2 aromatic rings. The van der Waals surface area contributed by atoms with Gasteiger partial charge < -0.3 is 15.4 Å². The number of pyridine rings is 1. The van der Waals surface area contributed by atoms with Crippen molar-refractivity contribution < 1.29 is 23.5 Å². The number of nitrogens with one attached hydrogen (secondary N) is 2. The molecule has 190 valence electrons. The summed E-state index contributed by atoms with van der Waals surface area (Å²) in [4.78, 5) is 41.6. The molecule has 1 heterocycles. The van der Waals surface area contributed by atoms with Crippen molar-refractivity contribution in [3.63, 3.8) is 0 Å². The summed E-state index contributed by atoms with van der Waals surface area (Å²) < 4.78 is 19.8. The normalized spacial score (nSPS) is 17.4. The Morgan fingerprint density at radius 2 is 1.75 bits per heavy atom. The molecule has 1 aromatic heterocycles. The molecule has 1 spiro atoms. The number of Topliss-reactive ketones (excluding diaryl/α,β-unsaturated/α-hetero) is 1. The van der Waals surface area contributed by atoms with Crippen LogP contribution in [0.5, 0.6) is 0 Å². The van der Waals surface area contributed by atoms with Crippen molar-refractivity contribution in [2.45, 2.75) is 51.5 Å². The molecule has 7 nitrogen and oxygen atoms in total. The van der Waals surface area contributed by atoms with Gasteiger partial charge in [0.1, 0.15) is 6.04 Å². The van der Waals surface area contributed by atoms with Gasteiger partial charge in [-0.25, -0.2) is 9.18 Å². The SMILES string of the molecule is CCOC(=O)C(Cc1ccc(NC(=O)c2c(Cl)cncc2Cl)cc1)NC1=C(F)C(=O)C12CCCCC2. The molecule has 10 heteroatoms. The minimum atomic E-state index is -0.868. The average molecular weight is 534 g/mol. The van der Waals surface area contributed by atoms with Crippen LogP contribution in [-0.4, -0.2) is 35.3 Å². The number of carbonyl (C=O) groups excluding carboxylic acids is 3. The Morgan fingerprint density at radius 3 is 2.36 bits per heavy atom. The number of aromatic nitrogens is 1. The second-order valence-corrected chi connectivity index (χ2v) is 9.76. The molecule has 1 amide bonds. The Hall–Kier alpha value is -2.97. The van der Waals surface area contributed by atoms with Gasteiger partial charge in [0.05, 0.1) is 33.3 Å². The zero-order chi connectivity index (χ0) is 25.9. The van der Waals surface area contributed by atoms with Gasteiger partial charge in [0.2, 0.25) is 5.78 Å². The quantitative estimate of drug-likeness (QED) is 0.439. The molecule has 1 aromatic carbocycles. The maximum Gasteiger partial charge on any atom is 0.328 e. The third-order valence-electron chi connectivity index (χ3n) is 6.66. The van der Waals surface area contributed by atoms with Gasteiger partial charge in [-0.05, 0) is 37.5 Å². The third-order valence-corrected chi connectivity index (χ3v) is 7.23. The summed E-state index contributed by atoms with van der Waals surface area (Å²) in [6.45, 7) is 1.87. The van der Waals surface area contributed by atoms with E-state index in [0.29, 0.717) is 18.5 Å². The lowest BCUT2D eigenvalue weighted by Crippen LogP contribution is -2.54. The number of esters is 1. The molecule has 2 N–H and O–H groups in total. The van der Waals surface area contributed by atoms with E-state index in [0.717, 1.165) is 24.8 Å². The van der Waals surface area contributed by atoms with Gasteiger partial charge in [0, 0.05) is 24.5 Å². The topological polar surface area (TPSA) is 97.4 Å². The number of rotatable bonds is 8. The highest BCUT2D eigenvalue weighted by Crippen LogP contribution is 2.52. The Labute approximate surface area is 218 Å². The minimum absolute atomic E-state index is 0.117. The van der Waals surface area contributed by atoms with E-state index in [1.54, 1.807) is 31.2 Å². The maximum atomic E-state index is 14.6. The van der Waals surface area contributed by atoms with Crippen LogP contribution in [0.25, 0.3) is 0 Å². The summed E-state index contributed by atoms with van der Waals surface area (Å²) in [5.74, 6) is -2.27. The number of hydrogen-bond donors (Lipinski definition) is 2. The van der Waals surface area contributed by atoms with E-state index < -0.39 is 34.9 Å². The number of hydrogen-bond acceptors (Lipinski definition) is 6. The summed E-state index contributed by atoms with van der Waals surface area (Å²) in [6, 6.07) is 5.97. The molecular weight excluding hydrogens is 508 g/mol. The molecule has 4 rings (SSSR count). The molecule has 0 bridgehead atoms. The van der Waals surface area contributed by atoms with Crippen molar-refractivity contribution >= 4 is 46.5 Å². The molecule has 1 unspecified atom stereocenters. The molecule has 1 saturated carbocycles. The maximum absolute atomic E-state index is 14.6. The largest absolute Gasteiger partial charge is 0.464 e. The van der Waals surface area contributed by atoms with Gasteiger partial charge in [-0.3, -0.25) is 14.6 Å². The van der Waals surface area contributed by atoms with Gasteiger partial charge in [-0.15, -0.1) is 0 Å². The number of nitrogens with zero attached hydrogens (tertiary/aromatic N) is 1. The fourth-order valence-electron chi connectivity index (χ4n) is 4.81. The van der Waals surface area contributed by atoms with Crippen LogP contribution in [0.4, 0.5) is 10.1 Å². The van der Waals surface area contributed by atoms with Gasteiger partial charge in [0.15, 0.2) is 5.83 Å². The van der Waals surface area contributed by atoms with Crippen LogP contribution in [0, 0.1) is 5.41 Å². The number of ether oxygens (including phenoxy) is 1. The number of amides is 1. The minimum Gasteiger partial charge on any atom is -0.464 e. The van der Waals surface area contributed by atoms with Crippen molar-refractivity contribution in [3.05, 3.63) is 69.4 Å². The van der Waals surface area contributed by atoms with Crippen molar-refractivity contribution in [3.8, 4) is 0 Å². The average Bonchev–Trinajstić information content (AvgIpc) is 2.87. The molecule has 1 atom stereocenters. The highest BCUT2D eigenvalue weighted by atomic mass is 35.5. The molecular formula is C26H26Cl2FN3O4. The molecule has 0 radical (unpaired) electrons. The fourth-order valence-corrected chi connectivity index (χ4v) is 5.35. The van der Waals surface area contributed by atoms with E-state index in [1.165, 1.54) is 12.4 Å². The van der Waals surface area contributed by atoms with Crippen LogP contribution in [0.3, 0.4) is 0 Å². The Morgan fingerprint density at radius 1 is 1.11 bits per heavy atom.